The molecule has 1 aliphatic heterocycles. The first-order valence-electron chi connectivity index (χ1n) is 9.40. The fourth-order valence-corrected chi connectivity index (χ4v) is 5.58. The van der Waals surface area contributed by atoms with Crippen LogP contribution in [-0.2, 0) is 16.6 Å². The van der Waals surface area contributed by atoms with Crippen LogP contribution >= 0.6 is 11.3 Å². The van der Waals surface area contributed by atoms with Crippen molar-refractivity contribution in [2.24, 2.45) is 0 Å². The Bertz CT molecular complexity index is 1120. The van der Waals surface area contributed by atoms with E-state index in [4.69, 9.17) is 4.98 Å². The lowest BCUT2D eigenvalue weighted by molar-refractivity contribution is -0.384. The van der Waals surface area contributed by atoms with Gasteiger partial charge in [-0.15, -0.1) is 11.3 Å². The topological polar surface area (TPSA) is 96.6 Å². The maximum Gasteiger partial charge on any atom is 0.269 e. The lowest BCUT2D eigenvalue weighted by atomic mass is 10.2. The second kappa shape index (κ2) is 8.60. The normalized spacial score (nSPS) is 15.9. The van der Waals surface area contributed by atoms with Gasteiger partial charge in [0.2, 0.25) is 10.0 Å². The zero-order valence-electron chi connectivity index (χ0n) is 16.0. The van der Waals surface area contributed by atoms with E-state index in [2.05, 4.69) is 4.90 Å². The van der Waals surface area contributed by atoms with E-state index in [0.29, 0.717) is 32.7 Å². The number of nitro groups is 1. The van der Waals surface area contributed by atoms with Crippen LogP contribution in [0.2, 0.25) is 0 Å². The molecule has 2 aromatic carbocycles. The third kappa shape index (κ3) is 4.41. The highest BCUT2D eigenvalue weighted by atomic mass is 32.2. The Balaban J connectivity index is 1.37. The first-order chi connectivity index (χ1) is 14.4. The number of non-ortho nitro benzene ring substituents is 1. The quantitative estimate of drug-likeness (QED) is 0.428. The van der Waals surface area contributed by atoms with E-state index in [1.54, 1.807) is 11.3 Å². The van der Waals surface area contributed by atoms with Gasteiger partial charge in [0.25, 0.3) is 5.69 Å². The number of hydrogen-bond acceptors (Lipinski definition) is 7. The van der Waals surface area contributed by atoms with Gasteiger partial charge >= 0.3 is 0 Å². The number of hydrogen-bond donors (Lipinski definition) is 0. The molecule has 0 amide bonds. The predicted molar refractivity (Wildman–Crippen MR) is 115 cm³/mol. The number of piperazine rings is 1. The smallest absolute Gasteiger partial charge is 0.269 e. The van der Waals surface area contributed by atoms with Crippen molar-refractivity contribution in [1.82, 2.24) is 14.2 Å². The van der Waals surface area contributed by atoms with Crippen LogP contribution in [0.15, 0.2) is 64.9 Å². The molecule has 8 nitrogen and oxygen atoms in total. The summed E-state index contributed by atoms with van der Waals surface area (Å²) in [5, 5.41) is 13.8. The average Bonchev–Trinajstić information content (AvgIpc) is 3.23. The maximum absolute atomic E-state index is 12.8. The maximum atomic E-state index is 12.8. The van der Waals surface area contributed by atoms with Crippen LogP contribution in [0.5, 0.6) is 0 Å². The summed E-state index contributed by atoms with van der Waals surface area (Å²) in [5.74, 6) is 0. The molecule has 10 heteroatoms. The lowest BCUT2D eigenvalue weighted by Gasteiger charge is -2.33. The number of sulfonamides is 1. The zero-order valence-corrected chi connectivity index (χ0v) is 17.7. The largest absolute Gasteiger partial charge is 0.295 e. The molecule has 0 spiro atoms. The van der Waals surface area contributed by atoms with Gasteiger partial charge in [0.05, 0.1) is 15.5 Å². The lowest BCUT2D eigenvalue weighted by Crippen LogP contribution is -2.48. The Morgan fingerprint density at radius 2 is 1.67 bits per heavy atom. The minimum Gasteiger partial charge on any atom is -0.295 e. The fraction of sp³-hybridized carbons (Fsp3) is 0.250. The van der Waals surface area contributed by atoms with Gasteiger partial charge in [0.1, 0.15) is 5.01 Å². The van der Waals surface area contributed by atoms with Crippen LogP contribution in [-0.4, -0.2) is 53.7 Å². The summed E-state index contributed by atoms with van der Waals surface area (Å²) in [6, 6.07) is 15.0. The number of thiazole rings is 1. The summed E-state index contributed by atoms with van der Waals surface area (Å²) < 4.78 is 27.1. The van der Waals surface area contributed by atoms with Crippen LogP contribution in [0.4, 0.5) is 5.69 Å². The molecule has 0 saturated carbocycles. The van der Waals surface area contributed by atoms with E-state index < -0.39 is 14.9 Å². The Morgan fingerprint density at radius 3 is 2.30 bits per heavy atom. The molecule has 1 saturated heterocycles. The Kier molecular flexibility index (Phi) is 5.91. The van der Waals surface area contributed by atoms with Gasteiger partial charge < -0.3 is 0 Å². The van der Waals surface area contributed by atoms with Crippen LogP contribution in [0, 0.1) is 10.1 Å². The highest BCUT2D eigenvalue weighted by Crippen LogP contribution is 2.25. The molecule has 2 heterocycles. The Morgan fingerprint density at radius 1 is 1.00 bits per heavy atom. The van der Waals surface area contributed by atoms with Crippen molar-refractivity contribution >= 4 is 27.0 Å². The van der Waals surface area contributed by atoms with Crippen LogP contribution < -0.4 is 0 Å². The summed E-state index contributed by atoms with van der Waals surface area (Å²) in [6.45, 7) is 2.62. The van der Waals surface area contributed by atoms with Gasteiger partial charge in [-0.05, 0) is 12.1 Å². The molecule has 0 radical (unpaired) electrons. The molecule has 156 valence electrons. The van der Waals surface area contributed by atoms with E-state index >= 15 is 0 Å². The van der Waals surface area contributed by atoms with Crippen LogP contribution in [0.25, 0.3) is 10.6 Å². The predicted octanol–water partition coefficient (Wildman–Crippen LogP) is 3.22. The molecule has 1 aliphatic rings. The number of rotatable bonds is 6. The zero-order chi connectivity index (χ0) is 21.1. The minimum atomic E-state index is -3.66. The van der Waals surface area contributed by atoms with Crippen LogP contribution in [0.1, 0.15) is 5.69 Å². The molecular weight excluding hydrogens is 424 g/mol. The number of aromatic nitrogens is 1. The van der Waals surface area contributed by atoms with E-state index in [1.165, 1.54) is 28.6 Å². The molecule has 0 N–H and O–H groups in total. The number of nitrogens with zero attached hydrogens (tertiary/aromatic N) is 4. The van der Waals surface area contributed by atoms with Gasteiger partial charge in [-0.25, -0.2) is 13.4 Å². The summed E-state index contributed by atoms with van der Waals surface area (Å²) in [7, 11) is -3.66. The van der Waals surface area contributed by atoms with Crippen molar-refractivity contribution in [3.05, 3.63) is 75.8 Å². The summed E-state index contributed by atoms with van der Waals surface area (Å²) >= 11 is 1.60. The van der Waals surface area contributed by atoms with E-state index in [1.807, 2.05) is 35.7 Å². The van der Waals surface area contributed by atoms with Crippen LogP contribution in [0.3, 0.4) is 0 Å². The molecular formula is C20H20N4O4S2. The Hall–Kier alpha value is -2.66. The second-order valence-corrected chi connectivity index (χ2v) is 9.74. The monoisotopic (exact) mass is 444 g/mol. The first kappa shape index (κ1) is 20.6. The van der Waals surface area contributed by atoms with Crippen molar-refractivity contribution in [3.8, 4) is 10.6 Å². The molecule has 4 rings (SSSR count). The minimum absolute atomic E-state index is 0.0774. The van der Waals surface area contributed by atoms with Crippen molar-refractivity contribution < 1.29 is 13.3 Å². The average molecular weight is 445 g/mol. The van der Waals surface area contributed by atoms with Gasteiger partial charge in [0.15, 0.2) is 0 Å². The molecule has 1 fully saturated rings. The summed E-state index contributed by atoms with van der Waals surface area (Å²) in [4.78, 5) is 17.2. The second-order valence-electron chi connectivity index (χ2n) is 6.94. The standard InChI is InChI=1S/C20H20N4O4S2/c25-24(26)18-6-8-19(9-7-18)30(27,28)23-12-10-22(11-13-23)14-17-15-29-20(21-17)16-4-2-1-3-5-16/h1-9,15H,10-14H2. The number of nitro benzene ring substituents is 1. The molecule has 30 heavy (non-hydrogen) atoms. The van der Waals surface area contributed by atoms with Gasteiger partial charge in [-0.3, -0.25) is 15.0 Å². The third-order valence-electron chi connectivity index (χ3n) is 4.97. The van der Waals surface area contributed by atoms with E-state index in [0.717, 1.165) is 16.3 Å². The molecule has 0 aliphatic carbocycles. The highest BCUT2D eigenvalue weighted by Gasteiger charge is 2.29. The Labute approximate surface area is 178 Å². The SMILES string of the molecule is O=[N+]([O-])c1ccc(S(=O)(=O)N2CCN(Cc3csc(-c4ccccc4)n3)CC2)cc1. The van der Waals surface area contributed by atoms with Gasteiger partial charge in [0, 0.05) is 55.8 Å². The molecule has 1 aromatic heterocycles. The number of benzene rings is 2. The van der Waals surface area contributed by atoms with Crippen molar-refractivity contribution in [3.63, 3.8) is 0 Å². The summed E-state index contributed by atoms with van der Waals surface area (Å²) in [6.07, 6.45) is 0. The summed E-state index contributed by atoms with van der Waals surface area (Å²) in [5.41, 5.74) is 1.94. The van der Waals surface area contributed by atoms with E-state index in [-0.39, 0.29) is 10.6 Å². The van der Waals surface area contributed by atoms with Gasteiger partial charge in [-0.1, -0.05) is 30.3 Å². The fourth-order valence-electron chi connectivity index (χ4n) is 3.34. The highest BCUT2D eigenvalue weighted by molar-refractivity contribution is 7.89. The third-order valence-corrected chi connectivity index (χ3v) is 7.83. The van der Waals surface area contributed by atoms with E-state index in [9.17, 15) is 18.5 Å². The molecule has 0 atom stereocenters. The molecule has 0 unspecified atom stereocenters. The van der Waals surface area contributed by atoms with Gasteiger partial charge in [-0.2, -0.15) is 4.31 Å². The van der Waals surface area contributed by atoms with Crippen molar-refractivity contribution in [2.75, 3.05) is 26.2 Å². The van der Waals surface area contributed by atoms with Crippen molar-refractivity contribution in [2.45, 2.75) is 11.4 Å². The molecule has 0 bridgehead atoms. The van der Waals surface area contributed by atoms with Crippen molar-refractivity contribution in [1.29, 1.82) is 0 Å². The first-order valence-corrected chi connectivity index (χ1v) is 11.7. The molecule has 3 aromatic rings.